The van der Waals surface area contributed by atoms with Crippen LogP contribution in [0.25, 0.3) is 5.52 Å². The van der Waals surface area contributed by atoms with Gasteiger partial charge in [-0.3, -0.25) is 0 Å². The number of nitrogens with zero attached hydrogens (tertiary/aromatic N) is 3. The molecule has 0 spiro atoms. The van der Waals surface area contributed by atoms with Crippen LogP contribution >= 0.6 is 15.9 Å². The minimum Gasteiger partial charge on any atom is -0.314 e. The van der Waals surface area contributed by atoms with Gasteiger partial charge in [0.15, 0.2) is 0 Å². The van der Waals surface area contributed by atoms with Crippen molar-refractivity contribution < 1.29 is 0 Å². The van der Waals surface area contributed by atoms with Gasteiger partial charge in [0.2, 0.25) is 0 Å². The third-order valence-corrected chi connectivity index (χ3v) is 3.90. The van der Waals surface area contributed by atoms with Crippen LogP contribution in [0.4, 0.5) is 0 Å². The van der Waals surface area contributed by atoms with Gasteiger partial charge in [-0.25, -0.2) is 4.98 Å². The summed E-state index contributed by atoms with van der Waals surface area (Å²) < 4.78 is 3.27. The lowest BCUT2D eigenvalue weighted by Crippen LogP contribution is -2.44. The minimum atomic E-state index is 1.00. The molecule has 4 nitrogen and oxygen atoms in total. The lowest BCUT2D eigenvalue weighted by atomic mass is 10.3. The normalized spacial score (nSPS) is 17.4. The number of hydrogen-bond acceptors (Lipinski definition) is 3. The molecule has 0 atom stereocenters. The molecule has 1 aliphatic heterocycles. The summed E-state index contributed by atoms with van der Waals surface area (Å²) in [6.07, 6.45) is 5.04. The molecule has 96 valence electrons. The third-order valence-electron chi connectivity index (χ3n) is 3.43. The van der Waals surface area contributed by atoms with E-state index in [9.17, 15) is 0 Å². The van der Waals surface area contributed by atoms with E-state index in [1.807, 2.05) is 6.20 Å². The Hall–Kier alpha value is -0.910. The van der Waals surface area contributed by atoms with Crippen LogP contribution in [-0.4, -0.2) is 47.0 Å². The van der Waals surface area contributed by atoms with Crippen molar-refractivity contribution in [2.45, 2.75) is 6.42 Å². The molecule has 0 unspecified atom stereocenters. The van der Waals surface area contributed by atoms with Crippen molar-refractivity contribution in [2.24, 2.45) is 0 Å². The monoisotopic (exact) mass is 308 g/mol. The zero-order valence-electron chi connectivity index (χ0n) is 10.3. The first kappa shape index (κ1) is 12.1. The van der Waals surface area contributed by atoms with Gasteiger partial charge in [-0.2, -0.15) is 0 Å². The van der Waals surface area contributed by atoms with Crippen molar-refractivity contribution in [3.05, 3.63) is 34.8 Å². The number of pyridine rings is 1. The molecule has 18 heavy (non-hydrogen) atoms. The Morgan fingerprint density at radius 2 is 2.11 bits per heavy atom. The van der Waals surface area contributed by atoms with Gasteiger partial charge in [-0.05, 0) is 28.1 Å². The molecule has 1 N–H and O–H groups in total. The average molecular weight is 309 g/mol. The Bertz CT molecular complexity index is 531. The maximum atomic E-state index is 4.52. The van der Waals surface area contributed by atoms with E-state index < -0.39 is 0 Å². The van der Waals surface area contributed by atoms with Gasteiger partial charge < -0.3 is 14.6 Å². The van der Waals surface area contributed by atoms with E-state index in [1.54, 1.807) is 0 Å². The molecule has 1 aliphatic rings. The lowest BCUT2D eigenvalue weighted by Gasteiger charge is -2.26. The van der Waals surface area contributed by atoms with Crippen molar-refractivity contribution >= 4 is 21.4 Å². The fraction of sp³-hybridized carbons (Fsp3) is 0.462. The van der Waals surface area contributed by atoms with Crippen LogP contribution in [0.2, 0.25) is 0 Å². The highest BCUT2D eigenvalue weighted by Crippen LogP contribution is 2.14. The van der Waals surface area contributed by atoms with Crippen molar-refractivity contribution in [2.75, 3.05) is 32.7 Å². The van der Waals surface area contributed by atoms with Gasteiger partial charge in [0.1, 0.15) is 5.82 Å². The minimum absolute atomic E-state index is 1.00. The van der Waals surface area contributed by atoms with E-state index >= 15 is 0 Å². The zero-order chi connectivity index (χ0) is 12.4. The summed E-state index contributed by atoms with van der Waals surface area (Å²) in [5.41, 5.74) is 1.16. The third kappa shape index (κ3) is 2.58. The number of halogens is 1. The highest BCUT2D eigenvalue weighted by atomic mass is 79.9. The molecular weight excluding hydrogens is 292 g/mol. The van der Waals surface area contributed by atoms with Gasteiger partial charge in [-0.15, -0.1) is 0 Å². The first-order chi connectivity index (χ1) is 8.83. The summed E-state index contributed by atoms with van der Waals surface area (Å²) in [6, 6.07) is 4.14. The van der Waals surface area contributed by atoms with E-state index in [4.69, 9.17) is 0 Å². The van der Waals surface area contributed by atoms with E-state index in [0.717, 1.165) is 55.0 Å². The van der Waals surface area contributed by atoms with Crippen molar-refractivity contribution in [1.29, 1.82) is 0 Å². The average Bonchev–Trinajstić information content (AvgIpc) is 2.80. The Morgan fingerprint density at radius 1 is 1.28 bits per heavy atom. The van der Waals surface area contributed by atoms with Gasteiger partial charge in [-0.1, -0.05) is 0 Å². The summed E-state index contributed by atoms with van der Waals surface area (Å²) in [6.45, 7) is 5.59. The SMILES string of the molecule is Brc1ccc2cnc(CCN3CCNCC3)n2c1. The molecule has 1 saturated heterocycles. The van der Waals surface area contributed by atoms with Crippen molar-refractivity contribution in [3.8, 4) is 0 Å². The maximum Gasteiger partial charge on any atom is 0.114 e. The Balaban J connectivity index is 1.72. The molecule has 5 heteroatoms. The molecule has 0 radical (unpaired) electrons. The fourth-order valence-corrected chi connectivity index (χ4v) is 2.73. The van der Waals surface area contributed by atoms with Crippen LogP contribution in [0.15, 0.2) is 29.0 Å². The second-order valence-corrected chi connectivity index (χ2v) is 5.57. The smallest absolute Gasteiger partial charge is 0.114 e. The maximum absolute atomic E-state index is 4.52. The number of hydrogen-bond donors (Lipinski definition) is 1. The number of aromatic nitrogens is 2. The number of rotatable bonds is 3. The first-order valence-corrected chi connectivity index (χ1v) is 7.17. The molecule has 2 aromatic heterocycles. The standard InChI is InChI=1S/C13H17BrN4/c14-11-1-2-12-9-16-13(18(12)10-11)3-6-17-7-4-15-5-8-17/h1-2,9-10,15H,3-8H2. The van der Waals surface area contributed by atoms with Crippen LogP contribution in [0, 0.1) is 0 Å². The molecular formula is C13H17BrN4. The topological polar surface area (TPSA) is 32.6 Å². The Morgan fingerprint density at radius 3 is 2.94 bits per heavy atom. The highest BCUT2D eigenvalue weighted by Gasteiger charge is 2.11. The molecule has 0 bridgehead atoms. The highest BCUT2D eigenvalue weighted by molar-refractivity contribution is 9.10. The van der Waals surface area contributed by atoms with E-state index in [0.29, 0.717) is 0 Å². The zero-order valence-corrected chi connectivity index (χ0v) is 11.9. The summed E-state index contributed by atoms with van der Waals surface area (Å²) in [5, 5.41) is 3.38. The Kier molecular flexibility index (Phi) is 3.63. The van der Waals surface area contributed by atoms with E-state index in [-0.39, 0.29) is 0 Å². The Labute approximate surface area is 115 Å². The number of fused-ring (bicyclic) bond motifs is 1. The van der Waals surface area contributed by atoms with Crippen LogP contribution in [0.3, 0.4) is 0 Å². The largest absolute Gasteiger partial charge is 0.314 e. The molecule has 2 aromatic rings. The predicted octanol–water partition coefficient (Wildman–Crippen LogP) is 1.54. The number of piperazine rings is 1. The van der Waals surface area contributed by atoms with Crippen LogP contribution < -0.4 is 5.32 Å². The molecule has 3 heterocycles. The quantitative estimate of drug-likeness (QED) is 0.934. The second-order valence-electron chi connectivity index (χ2n) is 4.66. The second kappa shape index (κ2) is 5.38. The van der Waals surface area contributed by atoms with Gasteiger partial charge in [0.05, 0.1) is 11.7 Å². The number of imidazole rings is 1. The van der Waals surface area contributed by atoms with Gasteiger partial charge in [0, 0.05) is 49.8 Å². The predicted molar refractivity (Wildman–Crippen MR) is 75.9 cm³/mol. The van der Waals surface area contributed by atoms with Crippen molar-refractivity contribution in [3.63, 3.8) is 0 Å². The lowest BCUT2D eigenvalue weighted by molar-refractivity contribution is 0.242. The molecule has 3 rings (SSSR count). The molecule has 0 aromatic carbocycles. The summed E-state index contributed by atoms with van der Waals surface area (Å²) >= 11 is 3.51. The van der Waals surface area contributed by atoms with E-state index in [2.05, 4.69) is 53.9 Å². The number of nitrogens with one attached hydrogen (secondary N) is 1. The van der Waals surface area contributed by atoms with Gasteiger partial charge in [0.25, 0.3) is 0 Å². The fourth-order valence-electron chi connectivity index (χ4n) is 2.40. The van der Waals surface area contributed by atoms with E-state index in [1.165, 1.54) is 0 Å². The summed E-state index contributed by atoms with van der Waals surface area (Å²) in [4.78, 5) is 7.02. The summed E-state index contributed by atoms with van der Waals surface area (Å²) in [5.74, 6) is 1.14. The van der Waals surface area contributed by atoms with Crippen LogP contribution in [0.5, 0.6) is 0 Å². The first-order valence-electron chi connectivity index (χ1n) is 6.37. The molecule has 0 aliphatic carbocycles. The van der Waals surface area contributed by atoms with Gasteiger partial charge >= 0.3 is 0 Å². The van der Waals surface area contributed by atoms with Crippen LogP contribution in [-0.2, 0) is 6.42 Å². The molecule has 0 amide bonds. The summed E-state index contributed by atoms with van der Waals surface area (Å²) in [7, 11) is 0. The molecule has 1 fully saturated rings. The van der Waals surface area contributed by atoms with Crippen molar-refractivity contribution in [1.82, 2.24) is 19.6 Å². The van der Waals surface area contributed by atoms with Crippen LogP contribution in [0.1, 0.15) is 5.82 Å². The molecule has 0 saturated carbocycles.